The Balaban J connectivity index is 1.05. The summed E-state index contributed by atoms with van der Waals surface area (Å²) >= 11 is 0. The summed E-state index contributed by atoms with van der Waals surface area (Å²) in [7, 11) is 0. The Labute approximate surface area is 493 Å². The lowest BCUT2D eigenvalue weighted by Crippen LogP contribution is -2.16. The van der Waals surface area contributed by atoms with Gasteiger partial charge in [-0.3, -0.25) is 0 Å². The average Bonchev–Trinajstić information content (AvgIpc) is 1.54. The number of hydrogen-bond acceptors (Lipinski definition) is 4. The molecule has 2 aromatic heterocycles. The SMILES string of the molecule is CC(C)(C)c1cc(C(C)(C)C)c2oc3c(N(c4cccc(-c5ccccc5)c4)c4ccc5ccc6c(N(c7ccccc7-c7ccccc7)c7cccc8c7oc7c(C(C)(C)C)cc(C(C)(C)C)cc78)ccc7ccc4c5c76)cccc3c2c1. The number of fused-ring (bicyclic) bond motifs is 6. The number of para-hydroxylation sites is 3. The van der Waals surface area contributed by atoms with Gasteiger partial charge in [-0.25, -0.2) is 0 Å². The Bertz CT molecular complexity index is 4880. The van der Waals surface area contributed by atoms with Crippen LogP contribution in [0.3, 0.4) is 0 Å². The minimum atomic E-state index is -0.164. The molecule has 0 radical (unpaired) electrons. The van der Waals surface area contributed by atoms with E-state index in [2.05, 4.69) is 311 Å². The summed E-state index contributed by atoms with van der Waals surface area (Å²) in [6, 6.07) is 80.9. The number of furan rings is 2. The maximum atomic E-state index is 7.40. The van der Waals surface area contributed by atoms with E-state index in [1.807, 2.05) is 0 Å². The highest BCUT2D eigenvalue weighted by Gasteiger charge is 2.32. The standard InChI is InChI=1S/C80H72N2O2/c1-77(2,3)54-45-62-58-31-22-34-69(75(58)83-73(62)64(47-54)79(7,8)9)81(56-29-21-28-53(44-56)49-24-15-13-16-25-49)67-42-38-51-37-41-61-68(43-39-52-36-40-60(67)71(51)72(52)61)82(66-33-20-19-30-57(66)50-26-17-14-18-27-50)70-35-23-32-59-63-46-55(78(4,5)6)48-65(80(10,11)12)74(63)84-76(59)70/h13-48H,1-12H3. The summed E-state index contributed by atoms with van der Waals surface area (Å²) < 4.78 is 14.8. The topological polar surface area (TPSA) is 32.8 Å². The Morgan fingerprint density at radius 3 is 1.21 bits per heavy atom. The lowest BCUT2D eigenvalue weighted by molar-refractivity contribution is 0.558. The Kier molecular flexibility index (Phi) is 12.1. The number of anilines is 6. The quantitative estimate of drug-likeness (QED) is 0.142. The van der Waals surface area contributed by atoms with Crippen molar-refractivity contribution in [1.29, 1.82) is 0 Å². The van der Waals surface area contributed by atoms with Crippen LogP contribution in [0.1, 0.15) is 105 Å². The predicted molar refractivity (Wildman–Crippen MR) is 360 cm³/mol. The fraction of sp³-hybridized carbons (Fsp3) is 0.200. The van der Waals surface area contributed by atoms with E-state index >= 15 is 0 Å². The molecule has 0 saturated heterocycles. The number of nitrogens with zero attached hydrogens (tertiary/aromatic N) is 2. The van der Waals surface area contributed by atoms with Crippen molar-refractivity contribution in [3.05, 3.63) is 241 Å². The van der Waals surface area contributed by atoms with Gasteiger partial charge in [0.1, 0.15) is 11.2 Å². The van der Waals surface area contributed by atoms with Gasteiger partial charge in [0.2, 0.25) is 0 Å². The van der Waals surface area contributed by atoms with E-state index in [4.69, 9.17) is 8.83 Å². The summed E-state index contributed by atoms with van der Waals surface area (Å²) in [5.74, 6) is 0. The van der Waals surface area contributed by atoms with Gasteiger partial charge in [0.05, 0.1) is 28.4 Å². The minimum absolute atomic E-state index is 0.0589. The molecule has 0 aliphatic heterocycles. The molecule has 414 valence electrons. The van der Waals surface area contributed by atoms with E-state index in [9.17, 15) is 0 Å². The van der Waals surface area contributed by atoms with Crippen LogP contribution in [-0.2, 0) is 21.7 Å². The van der Waals surface area contributed by atoms with Gasteiger partial charge in [-0.05, 0) is 126 Å². The van der Waals surface area contributed by atoms with Crippen LogP contribution >= 0.6 is 0 Å². The summed E-state index contributed by atoms with van der Waals surface area (Å²) in [4.78, 5) is 4.93. The van der Waals surface area contributed by atoms with Crippen molar-refractivity contribution in [2.45, 2.75) is 105 Å². The highest BCUT2D eigenvalue weighted by atomic mass is 16.3. The van der Waals surface area contributed by atoms with Crippen molar-refractivity contribution in [2.75, 3.05) is 9.80 Å². The van der Waals surface area contributed by atoms with E-state index in [0.717, 1.165) is 111 Å². The highest BCUT2D eigenvalue weighted by molar-refractivity contribution is 6.29. The molecule has 0 bridgehead atoms. The van der Waals surface area contributed by atoms with Gasteiger partial charge in [-0.15, -0.1) is 0 Å². The molecule has 0 saturated carbocycles. The van der Waals surface area contributed by atoms with Crippen LogP contribution < -0.4 is 9.80 Å². The van der Waals surface area contributed by atoms with Gasteiger partial charge in [0.25, 0.3) is 0 Å². The number of benzene rings is 12. The van der Waals surface area contributed by atoms with Crippen molar-refractivity contribution in [1.82, 2.24) is 0 Å². The smallest absolute Gasteiger partial charge is 0.159 e. The van der Waals surface area contributed by atoms with Crippen LogP contribution in [0.25, 0.3) is 98.4 Å². The van der Waals surface area contributed by atoms with Crippen molar-refractivity contribution in [3.8, 4) is 22.3 Å². The molecule has 0 N–H and O–H groups in total. The zero-order valence-electron chi connectivity index (χ0n) is 50.5. The van der Waals surface area contributed by atoms with Gasteiger partial charge < -0.3 is 18.6 Å². The molecule has 0 amide bonds. The molecule has 84 heavy (non-hydrogen) atoms. The molecule has 0 fully saturated rings. The summed E-state index contributed by atoms with van der Waals surface area (Å²) in [6.45, 7) is 27.6. The van der Waals surface area contributed by atoms with Gasteiger partial charge in [0, 0.05) is 54.7 Å². The zero-order chi connectivity index (χ0) is 58.2. The molecule has 14 aromatic rings. The minimum Gasteiger partial charge on any atom is -0.454 e. The summed E-state index contributed by atoms with van der Waals surface area (Å²) in [5.41, 5.74) is 18.9. The molecule has 0 unspecified atom stereocenters. The lowest BCUT2D eigenvalue weighted by atomic mass is 9.79. The van der Waals surface area contributed by atoms with Crippen LogP contribution in [0.2, 0.25) is 0 Å². The van der Waals surface area contributed by atoms with Crippen molar-refractivity contribution in [3.63, 3.8) is 0 Å². The molecule has 0 spiro atoms. The monoisotopic (exact) mass is 1090 g/mol. The molecule has 0 atom stereocenters. The first-order valence-electron chi connectivity index (χ1n) is 29.8. The number of rotatable bonds is 8. The first-order valence-corrected chi connectivity index (χ1v) is 29.8. The van der Waals surface area contributed by atoms with Crippen LogP contribution in [0.15, 0.2) is 227 Å². The highest BCUT2D eigenvalue weighted by Crippen LogP contribution is 2.53. The maximum Gasteiger partial charge on any atom is 0.159 e. The third-order valence-corrected chi connectivity index (χ3v) is 17.5. The molecule has 2 heterocycles. The molecule has 12 aromatic carbocycles. The zero-order valence-corrected chi connectivity index (χ0v) is 50.5. The van der Waals surface area contributed by atoms with Crippen molar-refractivity contribution >= 4 is 110 Å². The first-order chi connectivity index (χ1) is 40.2. The Hall–Kier alpha value is -9.12. The second kappa shape index (κ2) is 19.2. The Morgan fingerprint density at radius 1 is 0.274 bits per heavy atom. The van der Waals surface area contributed by atoms with Gasteiger partial charge in [-0.1, -0.05) is 247 Å². The van der Waals surface area contributed by atoms with Crippen LogP contribution in [-0.4, -0.2) is 0 Å². The predicted octanol–water partition coefficient (Wildman–Crippen LogP) is 23.8. The molecule has 4 nitrogen and oxygen atoms in total. The third-order valence-electron chi connectivity index (χ3n) is 17.5. The summed E-state index contributed by atoms with van der Waals surface area (Å²) in [6.07, 6.45) is 0. The van der Waals surface area contributed by atoms with Gasteiger partial charge in [0.15, 0.2) is 11.2 Å². The largest absolute Gasteiger partial charge is 0.454 e. The molecule has 14 rings (SSSR count). The van der Waals surface area contributed by atoms with Gasteiger partial charge in [-0.2, -0.15) is 0 Å². The van der Waals surface area contributed by atoms with E-state index in [1.165, 1.54) is 43.8 Å². The second-order valence-electron chi connectivity index (χ2n) is 27.4. The van der Waals surface area contributed by atoms with Gasteiger partial charge >= 0.3 is 0 Å². The molecular formula is C80H72N2O2. The van der Waals surface area contributed by atoms with Crippen molar-refractivity contribution < 1.29 is 8.83 Å². The molecular weight excluding hydrogens is 1020 g/mol. The lowest BCUT2D eigenvalue weighted by Gasteiger charge is -2.30. The van der Waals surface area contributed by atoms with E-state index in [0.29, 0.717) is 0 Å². The molecule has 4 heteroatoms. The Morgan fingerprint density at radius 2 is 0.702 bits per heavy atom. The second-order valence-corrected chi connectivity index (χ2v) is 27.4. The van der Waals surface area contributed by atoms with E-state index < -0.39 is 0 Å². The average molecular weight is 1090 g/mol. The normalized spacial score (nSPS) is 12.8. The molecule has 0 aliphatic rings. The maximum absolute atomic E-state index is 7.40. The van der Waals surface area contributed by atoms with Crippen LogP contribution in [0.5, 0.6) is 0 Å². The fourth-order valence-corrected chi connectivity index (χ4v) is 13.0. The van der Waals surface area contributed by atoms with E-state index in [-0.39, 0.29) is 21.7 Å². The van der Waals surface area contributed by atoms with E-state index in [1.54, 1.807) is 0 Å². The number of hydrogen-bond donors (Lipinski definition) is 0. The van der Waals surface area contributed by atoms with Crippen LogP contribution in [0.4, 0.5) is 34.1 Å². The molecule has 0 aliphatic carbocycles. The van der Waals surface area contributed by atoms with Crippen LogP contribution in [0, 0.1) is 0 Å². The fourth-order valence-electron chi connectivity index (χ4n) is 13.0. The van der Waals surface area contributed by atoms with Crippen molar-refractivity contribution in [2.24, 2.45) is 0 Å². The summed E-state index contributed by atoms with van der Waals surface area (Å²) in [5, 5.41) is 11.5. The first kappa shape index (κ1) is 52.9. The third kappa shape index (κ3) is 8.71.